The van der Waals surface area contributed by atoms with Crippen LogP contribution in [0.4, 0.5) is 5.82 Å². The van der Waals surface area contributed by atoms with Gasteiger partial charge in [-0.2, -0.15) is 5.10 Å². The van der Waals surface area contributed by atoms with Gasteiger partial charge in [-0.05, 0) is 12.8 Å². The Hall–Kier alpha value is -1.56. The zero-order valence-corrected chi connectivity index (χ0v) is 13.2. The highest BCUT2D eigenvalue weighted by molar-refractivity contribution is 5.76. The Morgan fingerprint density at radius 1 is 1.36 bits per heavy atom. The lowest BCUT2D eigenvalue weighted by Gasteiger charge is -2.25. The van der Waals surface area contributed by atoms with Crippen LogP contribution in [0.25, 0.3) is 0 Å². The molecule has 2 heterocycles. The minimum absolute atomic E-state index is 0.190. The lowest BCUT2D eigenvalue weighted by molar-refractivity contribution is -0.121. The maximum atomic E-state index is 11.9. The van der Waals surface area contributed by atoms with Gasteiger partial charge in [-0.1, -0.05) is 19.3 Å². The van der Waals surface area contributed by atoms with Gasteiger partial charge in [-0.15, -0.1) is 0 Å². The van der Waals surface area contributed by atoms with E-state index in [0.29, 0.717) is 18.4 Å². The first-order chi connectivity index (χ1) is 10.8. The summed E-state index contributed by atoms with van der Waals surface area (Å²) < 4.78 is 2.01. The van der Waals surface area contributed by atoms with Crippen LogP contribution in [0.3, 0.4) is 0 Å². The van der Waals surface area contributed by atoms with Crippen LogP contribution in [-0.4, -0.2) is 41.4 Å². The molecular weight excluding hydrogens is 278 g/mol. The Morgan fingerprint density at radius 3 is 3.09 bits per heavy atom. The maximum absolute atomic E-state index is 11.9. The van der Waals surface area contributed by atoms with Crippen LogP contribution >= 0.6 is 0 Å². The number of carbonyl (C=O) groups excluding carboxylic acids is 1. The van der Waals surface area contributed by atoms with E-state index in [-0.39, 0.29) is 5.91 Å². The third-order valence-corrected chi connectivity index (χ3v) is 4.65. The summed E-state index contributed by atoms with van der Waals surface area (Å²) in [6.07, 6.45) is 8.54. The molecule has 122 valence electrons. The number of hydrogen-bond donors (Lipinski definition) is 3. The second-order valence-electron chi connectivity index (χ2n) is 6.50. The number of amides is 1. The van der Waals surface area contributed by atoms with Crippen molar-refractivity contribution < 1.29 is 4.79 Å². The van der Waals surface area contributed by atoms with Crippen molar-refractivity contribution in [2.45, 2.75) is 51.1 Å². The van der Waals surface area contributed by atoms with E-state index in [1.165, 1.54) is 19.3 Å². The third-order valence-electron chi connectivity index (χ3n) is 4.65. The van der Waals surface area contributed by atoms with E-state index in [0.717, 1.165) is 44.8 Å². The molecule has 6 nitrogen and oxygen atoms in total. The number of rotatable bonds is 6. The molecule has 0 bridgehead atoms. The molecule has 1 aromatic rings. The van der Waals surface area contributed by atoms with E-state index >= 15 is 0 Å². The van der Waals surface area contributed by atoms with Gasteiger partial charge in [0.2, 0.25) is 5.91 Å². The van der Waals surface area contributed by atoms with Gasteiger partial charge in [0.15, 0.2) is 0 Å². The summed E-state index contributed by atoms with van der Waals surface area (Å²) in [5.41, 5.74) is 0. The second-order valence-corrected chi connectivity index (χ2v) is 6.50. The fourth-order valence-electron chi connectivity index (χ4n) is 3.38. The van der Waals surface area contributed by atoms with Crippen LogP contribution < -0.4 is 16.0 Å². The predicted molar refractivity (Wildman–Crippen MR) is 86.7 cm³/mol. The smallest absolute Gasteiger partial charge is 0.221 e. The maximum Gasteiger partial charge on any atom is 0.221 e. The summed E-state index contributed by atoms with van der Waals surface area (Å²) in [5, 5.41) is 14.2. The molecule has 1 saturated carbocycles. The molecule has 2 aliphatic rings. The first kappa shape index (κ1) is 15.3. The van der Waals surface area contributed by atoms with Crippen molar-refractivity contribution in [3.05, 3.63) is 12.3 Å². The molecule has 0 spiro atoms. The summed E-state index contributed by atoms with van der Waals surface area (Å²) in [7, 11) is 0. The molecule has 1 aliphatic carbocycles. The largest absolute Gasteiger partial charge is 0.370 e. The van der Waals surface area contributed by atoms with Gasteiger partial charge in [-0.3, -0.25) is 4.79 Å². The standard InChI is InChI=1S/C16H27N5O/c22-16(20-14-4-2-1-3-5-14)7-8-17-10-13-11-18-15-6-9-19-21(15)12-13/h6,9,13-14,17-18H,1-5,7-8,10-12H2,(H,20,22)/t13-/m1/s1. The van der Waals surface area contributed by atoms with Gasteiger partial charge in [-0.25, -0.2) is 4.68 Å². The minimum atomic E-state index is 0.190. The van der Waals surface area contributed by atoms with Crippen molar-refractivity contribution in [1.29, 1.82) is 0 Å². The Kier molecular flexibility index (Phi) is 5.32. The minimum Gasteiger partial charge on any atom is -0.370 e. The monoisotopic (exact) mass is 305 g/mol. The molecule has 1 fully saturated rings. The average Bonchev–Trinajstić information content (AvgIpc) is 3.00. The molecule has 0 radical (unpaired) electrons. The summed E-state index contributed by atoms with van der Waals surface area (Å²) >= 11 is 0. The Bertz CT molecular complexity index is 481. The normalized spacial score (nSPS) is 21.9. The summed E-state index contributed by atoms with van der Waals surface area (Å²) in [5.74, 6) is 1.81. The van der Waals surface area contributed by atoms with Crippen LogP contribution in [0.1, 0.15) is 38.5 Å². The van der Waals surface area contributed by atoms with Crippen LogP contribution in [-0.2, 0) is 11.3 Å². The van der Waals surface area contributed by atoms with Crippen LogP contribution in [0.5, 0.6) is 0 Å². The average molecular weight is 305 g/mol. The zero-order valence-electron chi connectivity index (χ0n) is 13.2. The van der Waals surface area contributed by atoms with Gasteiger partial charge in [0, 0.05) is 50.6 Å². The fourth-order valence-corrected chi connectivity index (χ4v) is 3.38. The summed E-state index contributed by atoms with van der Waals surface area (Å²) in [6, 6.07) is 2.42. The molecule has 1 amide bonds. The molecule has 1 atom stereocenters. The molecule has 3 rings (SSSR count). The third kappa shape index (κ3) is 4.22. The quantitative estimate of drug-likeness (QED) is 0.694. The molecule has 6 heteroatoms. The number of carbonyl (C=O) groups is 1. The number of nitrogens with zero attached hydrogens (tertiary/aromatic N) is 2. The highest BCUT2D eigenvalue weighted by atomic mass is 16.1. The Labute approximate surface area is 132 Å². The van der Waals surface area contributed by atoms with Gasteiger partial charge >= 0.3 is 0 Å². The fraction of sp³-hybridized carbons (Fsp3) is 0.750. The van der Waals surface area contributed by atoms with E-state index < -0.39 is 0 Å². The van der Waals surface area contributed by atoms with Gasteiger partial charge in [0.1, 0.15) is 5.82 Å². The van der Waals surface area contributed by atoms with Crippen LogP contribution in [0.15, 0.2) is 12.3 Å². The molecule has 0 saturated heterocycles. The molecule has 1 aliphatic heterocycles. The number of aromatic nitrogens is 2. The molecule has 1 aromatic heterocycles. The molecule has 0 unspecified atom stereocenters. The van der Waals surface area contributed by atoms with Crippen molar-refractivity contribution in [1.82, 2.24) is 20.4 Å². The molecule has 0 aromatic carbocycles. The van der Waals surface area contributed by atoms with Gasteiger partial charge < -0.3 is 16.0 Å². The van der Waals surface area contributed by atoms with Crippen molar-refractivity contribution in [3.63, 3.8) is 0 Å². The first-order valence-corrected chi connectivity index (χ1v) is 8.57. The second kappa shape index (κ2) is 7.63. The highest BCUT2D eigenvalue weighted by Crippen LogP contribution is 2.17. The van der Waals surface area contributed by atoms with Crippen molar-refractivity contribution >= 4 is 11.7 Å². The van der Waals surface area contributed by atoms with Crippen LogP contribution in [0.2, 0.25) is 0 Å². The van der Waals surface area contributed by atoms with Crippen LogP contribution in [0, 0.1) is 5.92 Å². The van der Waals surface area contributed by atoms with E-state index in [4.69, 9.17) is 0 Å². The molecular formula is C16H27N5O. The number of hydrogen-bond acceptors (Lipinski definition) is 4. The summed E-state index contributed by atoms with van der Waals surface area (Å²) in [6.45, 7) is 3.58. The van der Waals surface area contributed by atoms with Crippen molar-refractivity contribution in [3.8, 4) is 0 Å². The van der Waals surface area contributed by atoms with Gasteiger partial charge in [0.05, 0.1) is 6.20 Å². The van der Waals surface area contributed by atoms with E-state index in [9.17, 15) is 4.79 Å². The first-order valence-electron chi connectivity index (χ1n) is 8.57. The number of fused-ring (bicyclic) bond motifs is 1. The predicted octanol–water partition coefficient (Wildman–Crippen LogP) is 1.35. The topological polar surface area (TPSA) is 71.0 Å². The number of anilines is 1. The Balaban J connectivity index is 1.28. The number of nitrogens with one attached hydrogen (secondary N) is 3. The zero-order chi connectivity index (χ0) is 15.2. The molecule has 22 heavy (non-hydrogen) atoms. The van der Waals surface area contributed by atoms with Crippen molar-refractivity contribution in [2.75, 3.05) is 25.0 Å². The van der Waals surface area contributed by atoms with Crippen molar-refractivity contribution in [2.24, 2.45) is 5.92 Å². The van der Waals surface area contributed by atoms with E-state index in [2.05, 4.69) is 21.0 Å². The highest BCUT2D eigenvalue weighted by Gasteiger charge is 2.18. The van der Waals surface area contributed by atoms with E-state index in [1.54, 1.807) is 0 Å². The molecule has 3 N–H and O–H groups in total. The lowest BCUT2D eigenvalue weighted by atomic mass is 9.95. The Morgan fingerprint density at radius 2 is 2.23 bits per heavy atom. The lowest BCUT2D eigenvalue weighted by Crippen LogP contribution is -2.39. The summed E-state index contributed by atoms with van der Waals surface area (Å²) in [4.78, 5) is 11.9. The van der Waals surface area contributed by atoms with Gasteiger partial charge in [0.25, 0.3) is 0 Å². The van der Waals surface area contributed by atoms with E-state index in [1.807, 2.05) is 16.9 Å². The SMILES string of the molecule is O=C(CCNC[C@@H]1CNc2ccnn2C1)NC1CCCCC1.